The quantitative estimate of drug-likeness (QED) is 0.376. The summed E-state index contributed by atoms with van der Waals surface area (Å²) in [7, 11) is 0. The molecule has 0 radical (unpaired) electrons. The standard InChI is InChI=1S/C29H49N3O4/c1-11-13-22(7)30-26(33)25(23-18-20(5)14-15-21(23)6)32(16-12-2)27(34)24(17-19(3)4)31-28(35)36-29(8,9)10/h14-15,18-19,22,24-25H,11-13,16-17H2,1-10H3,(H,30,33)(H,31,35). The Hall–Kier alpha value is -2.57. The lowest BCUT2D eigenvalue weighted by Crippen LogP contribution is -2.54. The molecular weight excluding hydrogens is 454 g/mol. The summed E-state index contributed by atoms with van der Waals surface area (Å²) >= 11 is 0. The van der Waals surface area contributed by atoms with Crippen LogP contribution in [0, 0.1) is 19.8 Å². The van der Waals surface area contributed by atoms with Gasteiger partial charge in [-0.2, -0.15) is 0 Å². The van der Waals surface area contributed by atoms with Gasteiger partial charge in [0.15, 0.2) is 0 Å². The second-order valence-electron chi connectivity index (χ2n) is 11.3. The van der Waals surface area contributed by atoms with Crippen LogP contribution >= 0.6 is 0 Å². The van der Waals surface area contributed by atoms with Crippen molar-refractivity contribution < 1.29 is 19.1 Å². The number of nitrogens with one attached hydrogen (secondary N) is 2. The van der Waals surface area contributed by atoms with Gasteiger partial charge in [-0.1, -0.05) is 57.9 Å². The highest BCUT2D eigenvalue weighted by Gasteiger charge is 2.37. The second-order valence-corrected chi connectivity index (χ2v) is 11.3. The third kappa shape index (κ3) is 10.2. The monoisotopic (exact) mass is 503 g/mol. The summed E-state index contributed by atoms with van der Waals surface area (Å²) in [5.41, 5.74) is 2.08. The summed E-state index contributed by atoms with van der Waals surface area (Å²) in [6.45, 7) is 19.7. The Balaban J connectivity index is 3.51. The zero-order valence-electron chi connectivity index (χ0n) is 24.2. The number of rotatable bonds is 12. The van der Waals surface area contributed by atoms with Crippen LogP contribution in [0.3, 0.4) is 0 Å². The van der Waals surface area contributed by atoms with Gasteiger partial charge in [0.05, 0.1) is 0 Å². The number of aryl methyl sites for hydroxylation is 2. The van der Waals surface area contributed by atoms with E-state index in [9.17, 15) is 14.4 Å². The predicted octanol–water partition coefficient (Wildman–Crippen LogP) is 5.83. The SMILES string of the molecule is CCCC(C)NC(=O)C(c1cc(C)ccc1C)N(CCC)C(=O)C(CC(C)C)NC(=O)OC(C)(C)C. The molecule has 0 saturated carbocycles. The average Bonchev–Trinajstić information content (AvgIpc) is 2.73. The van der Waals surface area contributed by atoms with Crippen molar-refractivity contribution in [2.24, 2.45) is 5.92 Å². The van der Waals surface area contributed by atoms with E-state index in [4.69, 9.17) is 4.74 Å². The number of ether oxygens (including phenoxy) is 1. The fourth-order valence-corrected chi connectivity index (χ4v) is 4.28. The van der Waals surface area contributed by atoms with Crippen LogP contribution in [0.25, 0.3) is 0 Å². The van der Waals surface area contributed by atoms with Gasteiger partial charge in [0, 0.05) is 12.6 Å². The van der Waals surface area contributed by atoms with Crippen LogP contribution in [0.2, 0.25) is 0 Å². The van der Waals surface area contributed by atoms with Gasteiger partial charge in [-0.05, 0) is 77.8 Å². The van der Waals surface area contributed by atoms with E-state index < -0.39 is 23.8 Å². The Morgan fingerprint density at radius 1 is 1.00 bits per heavy atom. The van der Waals surface area contributed by atoms with E-state index in [1.807, 2.05) is 59.7 Å². The van der Waals surface area contributed by atoms with Crippen LogP contribution in [0.5, 0.6) is 0 Å². The Morgan fingerprint density at radius 2 is 1.64 bits per heavy atom. The number of hydrogen-bond donors (Lipinski definition) is 2. The van der Waals surface area contributed by atoms with Crippen molar-refractivity contribution in [3.05, 3.63) is 34.9 Å². The molecule has 3 unspecified atom stereocenters. The number of amides is 3. The fourth-order valence-electron chi connectivity index (χ4n) is 4.28. The van der Waals surface area contributed by atoms with Gasteiger partial charge < -0.3 is 20.3 Å². The van der Waals surface area contributed by atoms with Crippen LogP contribution < -0.4 is 10.6 Å². The first kappa shape index (κ1) is 31.5. The molecule has 0 aliphatic carbocycles. The number of benzene rings is 1. The molecule has 3 atom stereocenters. The van der Waals surface area contributed by atoms with Crippen molar-refractivity contribution in [1.29, 1.82) is 0 Å². The molecule has 7 nitrogen and oxygen atoms in total. The predicted molar refractivity (Wildman–Crippen MR) is 146 cm³/mol. The zero-order valence-corrected chi connectivity index (χ0v) is 24.2. The normalized spacial score (nSPS) is 14.1. The van der Waals surface area contributed by atoms with E-state index >= 15 is 0 Å². The molecule has 0 fully saturated rings. The maximum Gasteiger partial charge on any atom is 0.408 e. The van der Waals surface area contributed by atoms with E-state index in [2.05, 4.69) is 17.6 Å². The lowest BCUT2D eigenvalue weighted by molar-refractivity contribution is -0.143. The minimum absolute atomic E-state index is 0.0138. The Labute approximate surface area is 218 Å². The van der Waals surface area contributed by atoms with Gasteiger partial charge in [0.25, 0.3) is 0 Å². The maximum absolute atomic E-state index is 14.1. The van der Waals surface area contributed by atoms with Crippen LogP contribution in [0.15, 0.2) is 18.2 Å². The van der Waals surface area contributed by atoms with Crippen LogP contribution in [0.4, 0.5) is 4.79 Å². The van der Waals surface area contributed by atoms with E-state index in [1.165, 1.54) is 0 Å². The highest BCUT2D eigenvalue weighted by atomic mass is 16.6. The maximum atomic E-state index is 14.1. The molecule has 1 aromatic rings. The van der Waals surface area contributed by atoms with Crippen molar-refractivity contribution in [2.75, 3.05) is 6.54 Å². The molecule has 0 bridgehead atoms. The number of hydrogen-bond acceptors (Lipinski definition) is 4. The Morgan fingerprint density at radius 3 is 2.17 bits per heavy atom. The fraction of sp³-hybridized carbons (Fsp3) is 0.690. The minimum Gasteiger partial charge on any atom is -0.444 e. The molecule has 0 aliphatic heterocycles. The minimum atomic E-state index is -0.806. The second kappa shape index (κ2) is 14.2. The summed E-state index contributed by atoms with van der Waals surface area (Å²) in [6, 6.07) is 4.36. The Kier molecular flexibility index (Phi) is 12.4. The van der Waals surface area contributed by atoms with Gasteiger partial charge >= 0.3 is 6.09 Å². The van der Waals surface area contributed by atoms with Gasteiger partial charge in [0.2, 0.25) is 11.8 Å². The lowest BCUT2D eigenvalue weighted by atomic mass is 9.94. The average molecular weight is 504 g/mol. The molecule has 36 heavy (non-hydrogen) atoms. The van der Waals surface area contributed by atoms with Gasteiger partial charge in [-0.3, -0.25) is 9.59 Å². The van der Waals surface area contributed by atoms with Crippen molar-refractivity contribution in [3.63, 3.8) is 0 Å². The molecule has 0 aliphatic rings. The van der Waals surface area contributed by atoms with E-state index in [-0.39, 0.29) is 23.8 Å². The van der Waals surface area contributed by atoms with Gasteiger partial charge in [-0.25, -0.2) is 4.79 Å². The van der Waals surface area contributed by atoms with Crippen LogP contribution in [0.1, 0.15) is 104 Å². The lowest BCUT2D eigenvalue weighted by Gasteiger charge is -2.36. The molecule has 0 spiro atoms. The molecule has 7 heteroatoms. The number of carbonyl (C=O) groups excluding carboxylic acids is 3. The summed E-state index contributed by atoms with van der Waals surface area (Å²) in [6.07, 6.45) is 2.27. The molecule has 3 amide bonds. The first-order valence-corrected chi connectivity index (χ1v) is 13.4. The molecule has 204 valence electrons. The third-order valence-corrected chi connectivity index (χ3v) is 5.84. The summed E-state index contributed by atoms with van der Waals surface area (Å²) < 4.78 is 5.45. The Bertz CT molecular complexity index is 876. The zero-order chi connectivity index (χ0) is 27.6. The first-order valence-electron chi connectivity index (χ1n) is 13.4. The summed E-state index contributed by atoms with van der Waals surface area (Å²) in [5, 5.41) is 5.92. The van der Waals surface area contributed by atoms with Gasteiger partial charge in [0.1, 0.15) is 17.7 Å². The van der Waals surface area contributed by atoms with Gasteiger partial charge in [-0.15, -0.1) is 0 Å². The molecule has 0 aromatic heterocycles. The van der Waals surface area contributed by atoms with Crippen molar-refractivity contribution in [1.82, 2.24) is 15.5 Å². The highest BCUT2D eigenvalue weighted by Crippen LogP contribution is 2.28. The molecule has 2 N–H and O–H groups in total. The molecule has 1 rings (SSSR count). The summed E-state index contributed by atoms with van der Waals surface area (Å²) in [5.74, 6) is -0.331. The van der Waals surface area contributed by atoms with Crippen molar-refractivity contribution in [3.8, 4) is 0 Å². The topological polar surface area (TPSA) is 87.7 Å². The number of nitrogens with zero attached hydrogens (tertiary/aromatic N) is 1. The molecule has 0 saturated heterocycles. The van der Waals surface area contributed by atoms with Crippen LogP contribution in [-0.4, -0.2) is 47.0 Å². The van der Waals surface area contributed by atoms with Crippen molar-refractivity contribution >= 4 is 17.9 Å². The number of alkyl carbamates (subject to hydrolysis) is 1. The number of carbonyl (C=O) groups is 3. The third-order valence-electron chi connectivity index (χ3n) is 5.84. The smallest absolute Gasteiger partial charge is 0.408 e. The van der Waals surface area contributed by atoms with E-state index in [0.29, 0.717) is 19.4 Å². The van der Waals surface area contributed by atoms with Crippen LogP contribution in [-0.2, 0) is 14.3 Å². The molecule has 1 aromatic carbocycles. The largest absolute Gasteiger partial charge is 0.444 e. The van der Waals surface area contributed by atoms with E-state index in [0.717, 1.165) is 29.5 Å². The molecular formula is C29H49N3O4. The van der Waals surface area contributed by atoms with E-state index in [1.54, 1.807) is 25.7 Å². The van der Waals surface area contributed by atoms with Crippen molar-refractivity contribution in [2.45, 2.75) is 119 Å². The first-order chi connectivity index (χ1) is 16.7. The highest BCUT2D eigenvalue weighted by molar-refractivity contribution is 5.92. The summed E-state index contributed by atoms with van der Waals surface area (Å²) in [4.78, 5) is 42.1. The molecule has 0 heterocycles.